The van der Waals surface area contributed by atoms with Crippen LogP contribution < -0.4 is 20.5 Å². The second-order valence-corrected chi connectivity index (χ2v) is 6.23. The molecule has 0 atom stereocenters. The number of carbonyl (C=O) groups excluding carboxylic acids is 2. The summed E-state index contributed by atoms with van der Waals surface area (Å²) in [6.07, 6.45) is 1.44. The molecule has 7 heteroatoms. The lowest BCUT2D eigenvalue weighted by atomic mass is 10.1. The zero-order chi connectivity index (χ0) is 20.8. The van der Waals surface area contributed by atoms with Crippen LogP contribution in [0.3, 0.4) is 0 Å². The molecule has 1 N–H and O–H groups in total. The Labute approximate surface area is 167 Å². The smallest absolute Gasteiger partial charge is 0.295 e. The molecule has 1 heterocycles. The molecule has 0 aliphatic heterocycles. The van der Waals surface area contributed by atoms with Crippen molar-refractivity contribution < 1.29 is 19.2 Å². The highest BCUT2D eigenvalue weighted by Gasteiger charge is 2.15. The molecule has 3 rings (SSSR count). The van der Waals surface area contributed by atoms with Gasteiger partial charge < -0.3 is 14.9 Å². The molecular formula is C22H20N2O5. The highest BCUT2D eigenvalue weighted by atomic mass is 16.7. The van der Waals surface area contributed by atoms with Crippen molar-refractivity contribution in [2.45, 2.75) is 13.5 Å². The summed E-state index contributed by atoms with van der Waals surface area (Å²) in [6.45, 7) is 1.55. The first-order valence-electron chi connectivity index (χ1n) is 8.89. The third-order valence-corrected chi connectivity index (χ3v) is 4.24. The van der Waals surface area contributed by atoms with Crippen molar-refractivity contribution in [1.82, 2.24) is 4.73 Å². The van der Waals surface area contributed by atoms with Crippen LogP contribution in [0.5, 0.6) is 5.75 Å². The summed E-state index contributed by atoms with van der Waals surface area (Å²) >= 11 is 0. The molecular weight excluding hydrogens is 372 g/mol. The third-order valence-electron chi connectivity index (χ3n) is 4.24. The maximum Gasteiger partial charge on any atom is 0.295 e. The van der Waals surface area contributed by atoms with E-state index in [9.17, 15) is 14.4 Å². The minimum absolute atomic E-state index is 0.0967. The summed E-state index contributed by atoms with van der Waals surface area (Å²) in [6, 6.07) is 16.8. The Hall–Kier alpha value is -3.87. The van der Waals surface area contributed by atoms with Crippen molar-refractivity contribution in [1.29, 1.82) is 0 Å². The van der Waals surface area contributed by atoms with Crippen LogP contribution in [0.2, 0.25) is 0 Å². The largest absolute Gasteiger partial charge is 0.497 e. The molecule has 0 aliphatic rings. The van der Waals surface area contributed by atoms with Crippen LogP contribution in [0.15, 0.2) is 71.7 Å². The van der Waals surface area contributed by atoms with Crippen LogP contribution in [0.4, 0.5) is 5.69 Å². The van der Waals surface area contributed by atoms with E-state index in [0.29, 0.717) is 11.3 Å². The molecule has 0 bridgehead atoms. The molecule has 0 aliphatic carbocycles. The van der Waals surface area contributed by atoms with E-state index in [4.69, 9.17) is 9.57 Å². The molecule has 0 saturated heterocycles. The molecule has 1 amide bonds. The number of methoxy groups -OCH3 is 1. The molecule has 7 nitrogen and oxygen atoms in total. The predicted molar refractivity (Wildman–Crippen MR) is 108 cm³/mol. The number of ether oxygens (including phenoxy) is 1. The van der Waals surface area contributed by atoms with Gasteiger partial charge in [0.1, 0.15) is 17.9 Å². The van der Waals surface area contributed by atoms with Crippen LogP contribution in [-0.2, 0) is 6.61 Å². The number of Topliss-reactive ketones (excluding diaryl/α,β-unsaturated/α-hetero) is 1. The molecule has 29 heavy (non-hydrogen) atoms. The van der Waals surface area contributed by atoms with Crippen molar-refractivity contribution in [3.8, 4) is 5.75 Å². The fraction of sp³-hybridized carbons (Fsp3) is 0.136. The van der Waals surface area contributed by atoms with Gasteiger partial charge in [-0.25, -0.2) is 0 Å². The molecule has 0 unspecified atom stereocenters. The summed E-state index contributed by atoms with van der Waals surface area (Å²) in [4.78, 5) is 42.5. The van der Waals surface area contributed by atoms with E-state index in [-0.39, 0.29) is 18.0 Å². The number of aromatic nitrogens is 1. The zero-order valence-corrected chi connectivity index (χ0v) is 16.0. The lowest BCUT2D eigenvalue weighted by Crippen LogP contribution is -2.32. The van der Waals surface area contributed by atoms with Crippen molar-refractivity contribution >= 4 is 17.4 Å². The van der Waals surface area contributed by atoms with Crippen molar-refractivity contribution in [2.75, 3.05) is 12.4 Å². The van der Waals surface area contributed by atoms with E-state index in [1.807, 2.05) is 12.1 Å². The number of nitrogens with zero attached hydrogens (tertiary/aromatic N) is 1. The summed E-state index contributed by atoms with van der Waals surface area (Å²) in [7, 11) is 1.58. The van der Waals surface area contributed by atoms with Crippen LogP contribution in [0.1, 0.15) is 33.2 Å². The molecule has 0 saturated carbocycles. The van der Waals surface area contributed by atoms with Gasteiger partial charge in [-0.15, -0.1) is 0 Å². The van der Waals surface area contributed by atoms with Gasteiger partial charge in [-0.2, -0.15) is 4.73 Å². The van der Waals surface area contributed by atoms with Gasteiger partial charge in [0.2, 0.25) is 0 Å². The average Bonchev–Trinajstić information content (AvgIpc) is 2.73. The number of pyridine rings is 1. The Balaban J connectivity index is 1.76. The number of ketones is 1. The van der Waals surface area contributed by atoms with Gasteiger partial charge in [-0.05, 0) is 48.9 Å². The number of amides is 1. The summed E-state index contributed by atoms with van der Waals surface area (Å²) in [5.41, 5.74) is 0.856. The fourth-order valence-electron chi connectivity index (χ4n) is 2.70. The van der Waals surface area contributed by atoms with Crippen LogP contribution in [0, 0.1) is 0 Å². The Kier molecular flexibility index (Phi) is 6.09. The number of benzene rings is 2. The highest BCUT2D eigenvalue weighted by Crippen LogP contribution is 2.16. The number of hydrogen-bond acceptors (Lipinski definition) is 5. The summed E-state index contributed by atoms with van der Waals surface area (Å²) in [5, 5.41) is 2.62. The first kappa shape index (κ1) is 19.9. The third kappa shape index (κ3) is 4.70. The van der Waals surface area contributed by atoms with E-state index >= 15 is 0 Å². The Bertz CT molecular complexity index is 1090. The van der Waals surface area contributed by atoms with E-state index < -0.39 is 11.5 Å². The maximum atomic E-state index is 12.6. The molecule has 3 aromatic rings. The lowest BCUT2D eigenvalue weighted by molar-refractivity contribution is 0.0863. The van der Waals surface area contributed by atoms with Gasteiger partial charge in [0.15, 0.2) is 5.78 Å². The van der Waals surface area contributed by atoms with Crippen molar-refractivity contribution in [3.63, 3.8) is 0 Å². The number of para-hydroxylation sites is 1. The molecule has 1 aromatic heterocycles. The van der Waals surface area contributed by atoms with Crippen LogP contribution in [0.25, 0.3) is 0 Å². The second kappa shape index (κ2) is 8.88. The standard InChI is InChI=1S/C22H20N2O5/c1-15(25)18-6-3-4-8-20(18)23-21(26)19-7-5-13-24(22(19)27)29-14-16-9-11-17(28-2)12-10-16/h3-13H,14H2,1-2H3,(H,23,26). The van der Waals surface area contributed by atoms with E-state index in [1.54, 1.807) is 49.6 Å². The molecule has 0 fully saturated rings. The topological polar surface area (TPSA) is 86.6 Å². The van der Waals surface area contributed by atoms with Gasteiger partial charge in [0.25, 0.3) is 11.5 Å². The quantitative estimate of drug-likeness (QED) is 0.625. The molecule has 148 valence electrons. The number of anilines is 1. The van der Waals surface area contributed by atoms with Crippen LogP contribution in [-0.4, -0.2) is 23.5 Å². The second-order valence-electron chi connectivity index (χ2n) is 6.23. The number of hydrogen-bond donors (Lipinski definition) is 1. The van der Waals surface area contributed by atoms with Crippen molar-refractivity contribution in [2.24, 2.45) is 0 Å². The fourth-order valence-corrected chi connectivity index (χ4v) is 2.70. The SMILES string of the molecule is COc1ccc(COn2cccc(C(=O)Nc3ccccc3C(C)=O)c2=O)cc1. The van der Waals surface area contributed by atoms with Gasteiger partial charge >= 0.3 is 0 Å². The minimum Gasteiger partial charge on any atom is -0.497 e. The number of nitrogens with one attached hydrogen (secondary N) is 1. The monoisotopic (exact) mass is 392 g/mol. The first-order chi connectivity index (χ1) is 14.0. The number of carbonyl (C=O) groups is 2. The minimum atomic E-state index is -0.619. The highest BCUT2D eigenvalue weighted by molar-refractivity contribution is 6.08. The van der Waals surface area contributed by atoms with Gasteiger partial charge in [0.05, 0.1) is 12.8 Å². The first-order valence-corrected chi connectivity index (χ1v) is 8.89. The normalized spacial score (nSPS) is 10.3. The van der Waals surface area contributed by atoms with Gasteiger partial charge in [-0.3, -0.25) is 14.4 Å². The molecule has 2 aromatic carbocycles. The Morgan fingerprint density at radius 3 is 2.34 bits per heavy atom. The molecule has 0 spiro atoms. The zero-order valence-electron chi connectivity index (χ0n) is 16.0. The van der Waals surface area contributed by atoms with Gasteiger partial charge in [0, 0.05) is 11.8 Å². The maximum absolute atomic E-state index is 12.6. The van der Waals surface area contributed by atoms with E-state index in [1.165, 1.54) is 19.2 Å². The molecule has 0 radical (unpaired) electrons. The Morgan fingerprint density at radius 2 is 1.66 bits per heavy atom. The predicted octanol–water partition coefficient (Wildman–Crippen LogP) is 2.94. The number of rotatable bonds is 7. The average molecular weight is 392 g/mol. The van der Waals surface area contributed by atoms with E-state index in [2.05, 4.69) is 5.32 Å². The van der Waals surface area contributed by atoms with Gasteiger partial charge in [-0.1, -0.05) is 24.3 Å². The summed E-state index contributed by atoms with van der Waals surface area (Å²) in [5.74, 6) is -0.0873. The van der Waals surface area contributed by atoms with E-state index in [0.717, 1.165) is 16.0 Å². The lowest BCUT2D eigenvalue weighted by Gasteiger charge is -2.11. The Morgan fingerprint density at radius 1 is 0.966 bits per heavy atom. The van der Waals surface area contributed by atoms with Crippen molar-refractivity contribution in [3.05, 3.63) is 93.9 Å². The van der Waals surface area contributed by atoms with Crippen LogP contribution >= 0.6 is 0 Å². The summed E-state index contributed by atoms with van der Waals surface area (Å²) < 4.78 is 6.11.